The van der Waals surface area contributed by atoms with Crippen molar-refractivity contribution in [3.05, 3.63) is 47.1 Å². The van der Waals surface area contributed by atoms with Crippen LogP contribution in [-0.2, 0) is 6.54 Å². The molecule has 2 nitrogen and oxygen atoms in total. The Hall–Kier alpha value is -1.23. The molecule has 0 aliphatic rings. The molecule has 18 heavy (non-hydrogen) atoms. The Morgan fingerprint density at radius 2 is 2.17 bits per heavy atom. The van der Waals surface area contributed by atoms with Gasteiger partial charge in [0.05, 0.1) is 6.61 Å². The molecule has 0 amide bonds. The minimum Gasteiger partial charge on any atom is -0.395 e. The van der Waals surface area contributed by atoms with E-state index in [2.05, 4.69) is 5.32 Å². The van der Waals surface area contributed by atoms with Crippen molar-refractivity contribution in [1.29, 1.82) is 0 Å². The van der Waals surface area contributed by atoms with Gasteiger partial charge in [0.25, 0.3) is 0 Å². The predicted molar refractivity (Wildman–Crippen MR) is 73.1 cm³/mol. The number of hydrogen-bond acceptors (Lipinski definition) is 3. The average Bonchev–Trinajstić information content (AvgIpc) is 2.84. The van der Waals surface area contributed by atoms with E-state index in [1.807, 2.05) is 25.1 Å². The zero-order valence-corrected chi connectivity index (χ0v) is 11.0. The molecule has 0 unspecified atom stereocenters. The van der Waals surface area contributed by atoms with Gasteiger partial charge >= 0.3 is 0 Å². The maximum Gasteiger partial charge on any atom is 0.123 e. The highest BCUT2D eigenvalue weighted by Crippen LogP contribution is 2.28. The highest BCUT2D eigenvalue weighted by atomic mass is 32.1. The number of benzene rings is 1. The van der Waals surface area contributed by atoms with E-state index in [9.17, 15) is 4.39 Å². The summed E-state index contributed by atoms with van der Waals surface area (Å²) in [6, 6.07) is 10.7. The van der Waals surface area contributed by atoms with Gasteiger partial charge in [0.15, 0.2) is 0 Å². The largest absolute Gasteiger partial charge is 0.395 e. The van der Waals surface area contributed by atoms with Crippen molar-refractivity contribution in [2.75, 3.05) is 6.61 Å². The van der Waals surface area contributed by atoms with Gasteiger partial charge in [-0.1, -0.05) is 12.1 Å². The summed E-state index contributed by atoms with van der Waals surface area (Å²) in [6.07, 6.45) is 0. The van der Waals surface area contributed by atoms with Gasteiger partial charge < -0.3 is 10.4 Å². The maximum atomic E-state index is 13.1. The van der Waals surface area contributed by atoms with Crippen LogP contribution in [0.1, 0.15) is 11.8 Å². The van der Waals surface area contributed by atoms with Crippen molar-refractivity contribution in [3.63, 3.8) is 0 Å². The van der Waals surface area contributed by atoms with Gasteiger partial charge in [-0.05, 0) is 36.8 Å². The van der Waals surface area contributed by atoms with Crippen molar-refractivity contribution in [3.8, 4) is 10.4 Å². The van der Waals surface area contributed by atoms with Crippen LogP contribution in [0.25, 0.3) is 10.4 Å². The van der Waals surface area contributed by atoms with Gasteiger partial charge in [-0.15, -0.1) is 11.3 Å². The van der Waals surface area contributed by atoms with Crippen LogP contribution in [0, 0.1) is 5.82 Å². The summed E-state index contributed by atoms with van der Waals surface area (Å²) >= 11 is 1.64. The van der Waals surface area contributed by atoms with Gasteiger partial charge in [0.1, 0.15) is 5.82 Å². The fourth-order valence-corrected chi connectivity index (χ4v) is 2.56. The number of halogens is 1. The molecule has 2 aromatic rings. The molecule has 1 atom stereocenters. The molecule has 1 aromatic carbocycles. The smallest absolute Gasteiger partial charge is 0.123 e. The number of rotatable bonds is 5. The molecule has 1 aromatic heterocycles. The number of aliphatic hydroxyl groups is 1. The third-order valence-electron chi connectivity index (χ3n) is 2.67. The van der Waals surface area contributed by atoms with E-state index in [0.29, 0.717) is 0 Å². The highest BCUT2D eigenvalue weighted by Gasteiger charge is 2.05. The third kappa shape index (κ3) is 3.38. The second kappa shape index (κ2) is 6.09. The zero-order chi connectivity index (χ0) is 13.0. The van der Waals surface area contributed by atoms with Gasteiger partial charge in [-0.3, -0.25) is 0 Å². The Bertz CT molecular complexity index is 512. The lowest BCUT2D eigenvalue weighted by molar-refractivity contribution is 0.251. The molecule has 0 saturated heterocycles. The molecule has 0 saturated carbocycles. The van der Waals surface area contributed by atoms with Gasteiger partial charge in [-0.25, -0.2) is 4.39 Å². The molecule has 1 heterocycles. The lowest BCUT2D eigenvalue weighted by Crippen LogP contribution is -2.28. The Balaban J connectivity index is 2.06. The lowest BCUT2D eigenvalue weighted by Gasteiger charge is -2.08. The van der Waals surface area contributed by atoms with Crippen LogP contribution in [0.4, 0.5) is 4.39 Å². The number of hydrogen-bond donors (Lipinski definition) is 2. The third-order valence-corrected chi connectivity index (χ3v) is 3.80. The van der Waals surface area contributed by atoms with E-state index < -0.39 is 0 Å². The maximum absolute atomic E-state index is 13.1. The topological polar surface area (TPSA) is 32.3 Å². The van der Waals surface area contributed by atoms with Crippen LogP contribution in [-0.4, -0.2) is 17.8 Å². The molecular weight excluding hydrogens is 249 g/mol. The van der Waals surface area contributed by atoms with Crippen LogP contribution in [0.2, 0.25) is 0 Å². The van der Waals surface area contributed by atoms with Crippen molar-refractivity contribution >= 4 is 11.3 Å². The Kier molecular flexibility index (Phi) is 4.47. The first-order chi connectivity index (χ1) is 8.69. The number of thiophene rings is 1. The van der Waals surface area contributed by atoms with E-state index >= 15 is 0 Å². The molecule has 2 rings (SSSR count). The summed E-state index contributed by atoms with van der Waals surface area (Å²) in [6.45, 7) is 2.78. The Morgan fingerprint density at radius 1 is 1.33 bits per heavy atom. The minimum absolute atomic E-state index is 0.0877. The molecule has 0 bridgehead atoms. The van der Waals surface area contributed by atoms with Crippen LogP contribution in [0.3, 0.4) is 0 Å². The normalized spacial score (nSPS) is 12.6. The first-order valence-corrected chi connectivity index (χ1v) is 6.69. The Labute approximate surface area is 110 Å². The van der Waals surface area contributed by atoms with E-state index in [1.165, 1.54) is 10.9 Å². The van der Waals surface area contributed by atoms with Crippen molar-refractivity contribution < 1.29 is 9.50 Å². The molecule has 0 aliphatic carbocycles. The fourth-order valence-electron chi connectivity index (χ4n) is 1.61. The predicted octanol–water partition coefficient (Wildman–Crippen LogP) is 3.02. The molecule has 0 radical (unpaired) electrons. The molecule has 0 aliphatic heterocycles. The lowest BCUT2D eigenvalue weighted by atomic mass is 10.2. The standard InChI is InChI=1S/C14H16FNOS/c1-10(9-17)16-8-13-5-6-14(18-13)11-3-2-4-12(15)7-11/h2-7,10,16-17H,8-9H2,1H3/t10-/m1/s1. The quantitative estimate of drug-likeness (QED) is 0.871. The summed E-state index contributed by atoms with van der Waals surface area (Å²) in [5.74, 6) is -0.213. The SMILES string of the molecule is C[C@H](CO)NCc1ccc(-c2cccc(F)c2)s1. The van der Waals surface area contributed by atoms with Gasteiger partial charge in [-0.2, -0.15) is 0 Å². The van der Waals surface area contributed by atoms with Crippen LogP contribution in [0.5, 0.6) is 0 Å². The summed E-state index contributed by atoms with van der Waals surface area (Å²) in [5, 5.41) is 12.1. The molecule has 0 fully saturated rings. The van der Waals surface area contributed by atoms with E-state index in [1.54, 1.807) is 23.5 Å². The van der Waals surface area contributed by atoms with E-state index in [4.69, 9.17) is 5.11 Å². The molecular formula is C14H16FNOS. The van der Waals surface area contributed by atoms with Gasteiger partial charge in [0.2, 0.25) is 0 Å². The number of aliphatic hydroxyl groups excluding tert-OH is 1. The van der Waals surface area contributed by atoms with Gasteiger partial charge in [0, 0.05) is 22.3 Å². The van der Waals surface area contributed by atoms with Crippen molar-refractivity contribution in [1.82, 2.24) is 5.32 Å². The summed E-state index contributed by atoms with van der Waals surface area (Å²) in [5.41, 5.74) is 0.904. The van der Waals surface area contributed by atoms with Crippen molar-refractivity contribution in [2.45, 2.75) is 19.5 Å². The summed E-state index contributed by atoms with van der Waals surface area (Å²) in [4.78, 5) is 2.23. The second-order valence-corrected chi connectivity index (χ2v) is 5.41. The van der Waals surface area contributed by atoms with Crippen LogP contribution in [0.15, 0.2) is 36.4 Å². The molecule has 96 valence electrons. The number of nitrogens with one attached hydrogen (secondary N) is 1. The molecule has 0 spiro atoms. The van der Waals surface area contributed by atoms with Crippen LogP contribution < -0.4 is 5.32 Å². The Morgan fingerprint density at radius 3 is 2.89 bits per heavy atom. The minimum atomic E-state index is -0.213. The van der Waals surface area contributed by atoms with Crippen LogP contribution >= 0.6 is 11.3 Å². The monoisotopic (exact) mass is 265 g/mol. The van der Waals surface area contributed by atoms with E-state index in [0.717, 1.165) is 17.0 Å². The first-order valence-electron chi connectivity index (χ1n) is 5.88. The van der Waals surface area contributed by atoms with E-state index in [-0.39, 0.29) is 18.5 Å². The summed E-state index contributed by atoms with van der Waals surface area (Å²) < 4.78 is 13.1. The second-order valence-electron chi connectivity index (χ2n) is 4.24. The van der Waals surface area contributed by atoms with Crippen molar-refractivity contribution in [2.24, 2.45) is 0 Å². The fraction of sp³-hybridized carbons (Fsp3) is 0.286. The summed E-state index contributed by atoms with van der Waals surface area (Å²) in [7, 11) is 0. The average molecular weight is 265 g/mol. The highest BCUT2D eigenvalue weighted by molar-refractivity contribution is 7.15. The molecule has 4 heteroatoms. The first kappa shape index (κ1) is 13.2. The zero-order valence-electron chi connectivity index (χ0n) is 10.2. The molecule has 2 N–H and O–H groups in total.